The maximum absolute atomic E-state index is 11.6. The lowest BCUT2D eigenvalue weighted by Gasteiger charge is -2.12. The summed E-state index contributed by atoms with van der Waals surface area (Å²) in [5.41, 5.74) is 2.98. The van der Waals surface area contributed by atoms with Crippen LogP contribution in [-0.2, 0) is 6.42 Å². The van der Waals surface area contributed by atoms with E-state index in [0.29, 0.717) is 23.3 Å². The second-order valence-electron chi connectivity index (χ2n) is 4.76. The summed E-state index contributed by atoms with van der Waals surface area (Å²) in [5.74, 6) is -0.423. The maximum Gasteiger partial charge on any atom is 0.336 e. The summed E-state index contributed by atoms with van der Waals surface area (Å²) >= 11 is 4.17. The number of carbonyl (C=O) groups excluding carboxylic acids is 1. The fourth-order valence-corrected chi connectivity index (χ4v) is 2.57. The van der Waals surface area contributed by atoms with Crippen molar-refractivity contribution in [3.05, 3.63) is 59.2 Å². The summed E-state index contributed by atoms with van der Waals surface area (Å²) < 4.78 is 0. The molecule has 0 radical (unpaired) electrons. The van der Waals surface area contributed by atoms with E-state index in [1.807, 2.05) is 12.1 Å². The van der Waals surface area contributed by atoms with Crippen molar-refractivity contribution in [2.75, 3.05) is 5.75 Å². The van der Waals surface area contributed by atoms with Gasteiger partial charge < -0.3 is 5.11 Å². The van der Waals surface area contributed by atoms with Crippen LogP contribution in [0.5, 0.6) is 0 Å². The van der Waals surface area contributed by atoms with E-state index in [-0.39, 0.29) is 11.3 Å². The first-order valence-corrected chi connectivity index (χ1v) is 7.25. The quantitative estimate of drug-likeness (QED) is 0.653. The zero-order valence-corrected chi connectivity index (χ0v) is 12.6. The average molecular weight is 300 g/mol. The second kappa shape index (κ2) is 6.59. The molecule has 0 unspecified atom stereocenters. The molecule has 0 heterocycles. The van der Waals surface area contributed by atoms with E-state index in [1.54, 1.807) is 30.3 Å². The molecule has 2 aromatic carbocycles. The van der Waals surface area contributed by atoms with Crippen molar-refractivity contribution in [3.63, 3.8) is 0 Å². The molecule has 2 rings (SSSR count). The van der Waals surface area contributed by atoms with Crippen LogP contribution in [0.4, 0.5) is 0 Å². The third-order valence-electron chi connectivity index (χ3n) is 3.33. The van der Waals surface area contributed by atoms with Crippen LogP contribution in [0.3, 0.4) is 0 Å². The van der Waals surface area contributed by atoms with Gasteiger partial charge in [0.25, 0.3) is 0 Å². The number of ketones is 1. The Morgan fingerprint density at radius 2 is 1.86 bits per heavy atom. The van der Waals surface area contributed by atoms with Crippen molar-refractivity contribution in [1.82, 2.24) is 0 Å². The Morgan fingerprint density at radius 3 is 2.48 bits per heavy atom. The molecule has 0 saturated carbocycles. The molecule has 0 atom stereocenters. The Hall–Kier alpha value is -2.07. The number of rotatable bonds is 5. The zero-order chi connectivity index (χ0) is 15.4. The first kappa shape index (κ1) is 15.3. The molecule has 1 N–H and O–H groups in total. The molecule has 21 heavy (non-hydrogen) atoms. The smallest absolute Gasteiger partial charge is 0.336 e. The number of thiol groups is 1. The van der Waals surface area contributed by atoms with Crippen LogP contribution in [0.2, 0.25) is 0 Å². The fraction of sp³-hybridized carbons (Fsp3) is 0.176. The summed E-state index contributed by atoms with van der Waals surface area (Å²) in [6.07, 6.45) is 0.588. The van der Waals surface area contributed by atoms with Crippen LogP contribution in [-0.4, -0.2) is 22.6 Å². The molecular weight excluding hydrogens is 284 g/mol. The molecule has 0 amide bonds. The second-order valence-corrected chi connectivity index (χ2v) is 5.20. The molecule has 0 saturated heterocycles. The standard InChI is InChI=1S/C17H16O3S/c1-11(18)13-5-2-6-14(10-13)15-7-3-4-12(8-9-21)16(15)17(19)20/h2-7,10,21H,8-9H2,1H3,(H,19,20). The minimum absolute atomic E-state index is 0.0414. The van der Waals surface area contributed by atoms with Crippen molar-refractivity contribution in [3.8, 4) is 11.1 Å². The highest BCUT2D eigenvalue weighted by molar-refractivity contribution is 7.80. The largest absolute Gasteiger partial charge is 0.478 e. The van der Waals surface area contributed by atoms with E-state index in [1.165, 1.54) is 6.92 Å². The molecule has 108 valence electrons. The lowest BCUT2D eigenvalue weighted by atomic mass is 9.93. The normalized spacial score (nSPS) is 10.4. The number of aryl methyl sites for hydroxylation is 1. The van der Waals surface area contributed by atoms with Crippen LogP contribution in [0.15, 0.2) is 42.5 Å². The van der Waals surface area contributed by atoms with E-state index in [9.17, 15) is 14.7 Å². The van der Waals surface area contributed by atoms with Crippen LogP contribution in [0.1, 0.15) is 33.2 Å². The summed E-state index contributed by atoms with van der Waals surface area (Å²) in [7, 11) is 0. The van der Waals surface area contributed by atoms with Crippen molar-refractivity contribution in [2.45, 2.75) is 13.3 Å². The Kier molecular flexibility index (Phi) is 4.81. The summed E-state index contributed by atoms with van der Waals surface area (Å²) in [6, 6.07) is 12.4. The molecule has 0 aliphatic heterocycles. The molecule has 0 aliphatic rings. The van der Waals surface area contributed by atoms with Crippen LogP contribution < -0.4 is 0 Å². The number of benzene rings is 2. The lowest BCUT2D eigenvalue weighted by Crippen LogP contribution is -2.06. The van der Waals surface area contributed by atoms with Crippen molar-refractivity contribution >= 4 is 24.4 Å². The molecule has 0 bridgehead atoms. The number of hydrogen-bond acceptors (Lipinski definition) is 3. The van der Waals surface area contributed by atoms with Crippen LogP contribution in [0, 0.1) is 0 Å². The highest BCUT2D eigenvalue weighted by Crippen LogP contribution is 2.28. The Bertz CT molecular complexity index is 692. The van der Waals surface area contributed by atoms with Crippen LogP contribution >= 0.6 is 12.6 Å². The fourth-order valence-electron chi connectivity index (χ4n) is 2.33. The van der Waals surface area contributed by atoms with Gasteiger partial charge in [0.15, 0.2) is 5.78 Å². The van der Waals surface area contributed by atoms with Crippen molar-refractivity contribution < 1.29 is 14.7 Å². The van der Waals surface area contributed by atoms with Gasteiger partial charge in [-0.3, -0.25) is 4.79 Å². The Balaban J connectivity index is 2.63. The van der Waals surface area contributed by atoms with Gasteiger partial charge in [-0.05, 0) is 41.9 Å². The predicted molar refractivity (Wildman–Crippen MR) is 86.4 cm³/mol. The van der Waals surface area contributed by atoms with Crippen LogP contribution in [0.25, 0.3) is 11.1 Å². The van der Waals surface area contributed by atoms with Gasteiger partial charge in [0, 0.05) is 5.56 Å². The molecule has 0 aromatic heterocycles. The van der Waals surface area contributed by atoms with Gasteiger partial charge in [0.05, 0.1) is 5.56 Å². The number of carboxylic acids is 1. The SMILES string of the molecule is CC(=O)c1cccc(-c2cccc(CCS)c2C(=O)O)c1. The molecule has 2 aromatic rings. The molecule has 3 nitrogen and oxygen atoms in total. The third kappa shape index (κ3) is 3.34. The highest BCUT2D eigenvalue weighted by Gasteiger charge is 2.16. The summed E-state index contributed by atoms with van der Waals surface area (Å²) in [4.78, 5) is 23.1. The average Bonchev–Trinajstić information content (AvgIpc) is 2.47. The first-order chi connectivity index (χ1) is 10.0. The van der Waals surface area contributed by atoms with E-state index >= 15 is 0 Å². The number of aromatic carboxylic acids is 1. The molecule has 0 aliphatic carbocycles. The first-order valence-electron chi connectivity index (χ1n) is 6.62. The number of hydrogen-bond donors (Lipinski definition) is 2. The Labute approximate surface area is 129 Å². The predicted octanol–water partition coefficient (Wildman–Crippen LogP) is 3.73. The summed E-state index contributed by atoms with van der Waals surface area (Å²) in [5, 5.41) is 9.52. The third-order valence-corrected chi connectivity index (χ3v) is 3.55. The topological polar surface area (TPSA) is 54.4 Å². The van der Waals surface area contributed by atoms with Crippen molar-refractivity contribution in [1.29, 1.82) is 0 Å². The molecule has 4 heteroatoms. The van der Waals surface area contributed by atoms with Gasteiger partial charge in [-0.15, -0.1) is 0 Å². The lowest BCUT2D eigenvalue weighted by molar-refractivity contribution is 0.0696. The van der Waals surface area contributed by atoms with E-state index in [0.717, 1.165) is 11.1 Å². The maximum atomic E-state index is 11.6. The summed E-state index contributed by atoms with van der Waals surface area (Å²) in [6.45, 7) is 1.49. The van der Waals surface area contributed by atoms with Gasteiger partial charge in [0.2, 0.25) is 0 Å². The van der Waals surface area contributed by atoms with E-state index < -0.39 is 5.97 Å². The Morgan fingerprint density at radius 1 is 1.14 bits per heavy atom. The highest BCUT2D eigenvalue weighted by atomic mass is 32.1. The number of carboxylic acid groups (broad SMARTS) is 1. The molecule has 0 fully saturated rings. The van der Waals surface area contributed by atoms with Gasteiger partial charge in [-0.2, -0.15) is 12.6 Å². The van der Waals surface area contributed by atoms with Crippen molar-refractivity contribution in [2.24, 2.45) is 0 Å². The molecular formula is C17H16O3S. The number of carbonyl (C=O) groups is 2. The van der Waals surface area contributed by atoms with Gasteiger partial charge in [-0.25, -0.2) is 4.79 Å². The van der Waals surface area contributed by atoms with E-state index in [2.05, 4.69) is 12.6 Å². The minimum atomic E-state index is -0.962. The van der Waals surface area contributed by atoms with E-state index in [4.69, 9.17) is 0 Å². The number of Topliss-reactive ketones (excluding diaryl/α,β-unsaturated/α-hetero) is 1. The zero-order valence-electron chi connectivity index (χ0n) is 11.7. The molecule has 0 spiro atoms. The van der Waals surface area contributed by atoms with Gasteiger partial charge in [0.1, 0.15) is 0 Å². The monoisotopic (exact) mass is 300 g/mol. The minimum Gasteiger partial charge on any atom is -0.478 e. The van der Waals surface area contributed by atoms with Gasteiger partial charge in [-0.1, -0.05) is 36.4 Å². The van der Waals surface area contributed by atoms with Gasteiger partial charge >= 0.3 is 5.97 Å².